The lowest BCUT2D eigenvalue weighted by molar-refractivity contribution is -0.160. The molecule has 0 aromatic heterocycles. The van der Waals surface area contributed by atoms with Gasteiger partial charge in [-0.05, 0) is 67.6 Å². The highest BCUT2D eigenvalue weighted by Gasteiger charge is 2.31. The van der Waals surface area contributed by atoms with E-state index in [-0.39, 0.29) is 43.0 Å². The number of morpholine rings is 1. The van der Waals surface area contributed by atoms with Crippen molar-refractivity contribution in [3.63, 3.8) is 0 Å². The maximum absolute atomic E-state index is 12.2. The molecule has 0 saturated carbocycles. The van der Waals surface area contributed by atoms with Gasteiger partial charge in [-0.25, -0.2) is 0 Å². The molecule has 168 valence electrons. The van der Waals surface area contributed by atoms with E-state index < -0.39 is 0 Å². The minimum atomic E-state index is -0.330. The van der Waals surface area contributed by atoms with E-state index >= 15 is 0 Å². The zero-order chi connectivity index (χ0) is 21.8. The minimum absolute atomic E-state index is 0. The Bertz CT molecular complexity index is 951. The standard InChI is InChI=1S/C23H27ClN2O4.ClH/c1-14(10-18-8-9-21(16(3)15(18)2)30-25-17(4)27)26-12-22(29-23(28)13-26)19-6-5-7-20(24)11-19;/h5-9,11,14,22H,10,12-13H2,1-4H3,(H,25,27);1H. The number of rotatable bonds is 6. The van der Waals surface area contributed by atoms with Crippen molar-refractivity contribution >= 4 is 35.9 Å². The molecule has 1 aliphatic rings. The molecule has 1 amide bonds. The molecule has 0 aliphatic carbocycles. The number of nitrogens with zero attached hydrogens (tertiary/aromatic N) is 1. The van der Waals surface area contributed by atoms with E-state index in [9.17, 15) is 9.59 Å². The fraction of sp³-hybridized carbons (Fsp3) is 0.391. The van der Waals surface area contributed by atoms with Crippen LogP contribution in [0.3, 0.4) is 0 Å². The van der Waals surface area contributed by atoms with Crippen LogP contribution in [-0.2, 0) is 20.7 Å². The van der Waals surface area contributed by atoms with E-state index in [0.717, 1.165) is 23.1 Å². The first-order chi connectivity index (χ1) is 14.2. The third-order valence-corrected chi connectivity index (χ3v) is 5.75. The summed E-state index contributed by atoms with van der Waals surface area (Å²) in [6.45, 7) is 8.41. The second kappa shape index (κ2) is 10.8. The number of hydrogen-bond acceptors (Lipinski definition) is 5. The molecular weight excluding hydrogens is 439 g/mol. The van der Waals surface area contributed by atoms with Crippen LogP contribution in [0.1, 0.15) is 42.2 Å². The van der Waals surface area contributed by atoms with Crippen LogP contribution in [0.5, 0.6) is 5.75 Å². The monoisotopic (exact) mass is 466 g/mol. The number of carbonyl (C=O) groups excluding carboxylic acids is 2. The Labute approximate surface area is 194 Å². The number of esters is 1. The summed E-state index contributed by atoms with van der Waals surface area (Å²) in [5.74, 6) is 0.141. The lowest BCUT2D eigenvalue weighted by Gasteiger charge is -2.36. The first kappa shape index (κ1) is 25.0. The van der Waals surface area contributed by atoms with Gasteiger partial charge in [0.2, 0.25) is 5.91 Å². The summed E-state index contributed by atoms with van der Waals surface area (Å²) in [4.78, 5) is 30.8. The summed E-state index contributed by atoms with van der Waals surface area (Å²) in [5, 5.41) is 0.626. The van der Waals surface area contributed by atoms with E-state index in [4.69, 9.17) is 21.2 Å². The van der Waals surface area contributed by atoms with E-state index in [1.54, 1.807) is 6.07 Å². The van der Waals surface area contributed by atoms with Gasteiger partial charge in [0.15, 0.2) is 5.75 Å². The zero-order valence-electron chi connectivity index (χ0n) is 18.1. The Morgan fingerprint density at radius 2 is 2.03 bits per heavy atom. The number of halogens is 2. The number of ether oxygens (including phenoxy) is 1. The average Bonchev–Trinajstić information content (AvgIpc) is 2.70. The highest BCUT2D eigenvalue weighted by molar-refractivity contribution is 6.30. The first-order valence-electron chi connectivity index (χ1n) is 9.96. The number of nitrogens with one attached hydrogen (secondary N) is 1. The molecule has 0 spiro atoms. The van der Waals surface area contributed by atoms with Crippen molar-refractivity contribution in [3.8, 4) is 5.75 Å². The molecular formula is C23H28Cl2N2O4. The van der Waals surface area contributed by atoms with Crippen LogP contribution in [-0.4, -0.2) is 35.9 Å². The molecule has 2 aromatic carbocycles. The summed E-state index contributed by atoms with van der Waals surface area (Å²) in [7, 11) is 0. The largest absolute Gasteiger partial charge is 0.455 e. The number of amides is 1. The van der Waals surface area contributed by atoms with Crippen molar-refractivity contribution < 1.29 is 19.2 Å². The third-order valence-electron chi connectivity index (χ3n) is 5.52. The van der Waals surface area contributed by atoms with Gasteiger partial charge in [0.05, 0.1) is 6.54 Å². The highest BCUT2D eigenvalue weighted by atomic mass is 35.5. The Morgan fingerprint density at radius 1 is 1.29 bits per heavy atom. The van der Waals surface area contributed by atoms with Crippen molar-refractivity contribution in [1.29, 1.82) is 0 Å². The van der Waals surface area contributed by atoms with Crippen LogP contribution < -0.4 is 10.3 Å². The molecule has 0 bridgehead atoms. The topological polar surface area (TPSA) is 67.9 Å². The summed E-state index contributed by atoms with van der Waals surface area (Å²) in [6, 6.07) is 11.4. The Hall–Kier alpha value is -2.28. The molecule has 2 aromatic rings. The van der Waals surface area contributed by atoms with Crippen LogP contribution in [0.2, 0.25) is 5.02 Å². The highest BCUT2D eigenvalue weighted by Crippen LogP contribution is 2.29. The van der Waals surface area contributed by atoms with Crippen molar-refractivity contribution in [2.24, 2.45) is 0 Å². The van der Waals surface area contributed by atoms with Crippen LogP contribution in [0.4, 0.5) is 0 Å². The predicted molar refractivity (Wildman–Crippen MR) is 123 cm³/mol. The molecule has 31 heavy (non-hydrogen) atoms. The number of cyclic esters (lactones) is 1. The Kier molecular flexibility index (Phi) is 8.74. The number of hydrogen-bond donors (Lipinski definition) is 1. The lowest BCUT2D eigenvalue weighted by Crippen LogP contribution is -2.46. The van der Waals surface area contributed by atoms with Gasteiger partial charge >= 0.3 is 5.97 Å². The van der Waals surface area contributed by atoms with Gasteiger partial charge in [-0.15, -0.1) is 12.4 Å². The SMILES string of the molecule is CC(=O)NOc1ccc(CC(C)N2CC(=O)OC(c3cccc(Cl)c3)C2)c(C)c1C.Cl. The summed E-state index contributed by atoms with van der Waals surface area (Å²) >= 11 is 6.10. The molecule has 1 fully saturated rings. The quantitative estimate of drug-likeness (QED) is 0.506. The van der Waals surface area contributed by atoms with Crippen molar-refractivity contribution in [1.82, 2.24) is 10.4 Å². The smallest absolute Gasteiger partial charge is 0.320 e. The normalized spacial score (nSPS) is 17.3. The van der Waals surface area contributed by atoms with Gasteiger partial charge in [0.25, 0.3) is 0 Å². The minimum Gasteiger partial charge on any atom is -0.455 e. The molecule has 2 unspecified atom stereocenters. The molecule has 2 atom stereocenters. The summed E-state index contributed by atoms with van der Waals surface area (Å²) < 4.78 is 5.57. The molecule has 6 nitrogen and oxygen atoms in total. The number of carbonyl (C=O) groups is 2. The fourth-order valence-corrected chi connectivity index (χ4v) is 3.85. The van der Waals surface area contributed by atoms with E-state index in [2.05, 4.69) is 17.3 Å². The van der Waals surface area contributed by atoms with Crippen molar-refractivity contribution in [2.75, 3.05) is 13.1 Å². The van der Waals surface area contributed by atoms with Gasteiger partial charge in [0, 0.05) is 24.5 Å². The maximum atomic E-state index is 12.2. The van der Waals surface area contributed by atoms with Gasteiger partial charge in [-0.1, -0.05) is 29.8 Å². The van der Waals surface area contributed by atoms with Crippen LogP contribution in [0, 0.1) is 13.8 Å². The molecule has 1 heterocycles. The molecule has 1 saturated heterocycles. The molecule has 1 N–H and O–H groups in total. The molecule has 0 radical (unpaired) electrons. The van der Waals surface area contributed by atoms with E-state index in [1.807, 2.05) is 44.2 Å². The molecule has 3 rings (SSSR count). The van der Waals surface area contributed by atoms with Crippen LogP contribution in [0.25, 0.3) is 0 Å². The summed E-state index contributed by atoms with van der Waals surface area (Å²) in [5.41, 5.74) is 6.52. The van der Waals surface area contributed by atoms with Crippen molar-refractivity contribution in [2.45, 2.75) is 46.3 Å². The second-order valence-corrected chi connectivity index (χ2v) is 8.19. The number of hydroxylamine groups is 1. The van der Waals surface area contributed by atoms with Crippen molar-refractivity contribution in [3.05, 3.63) is 63.7 Å². The van der Waals surface area contributed by atoms with E-state index in [1.165, 1.54) is 12.5 Å². The average molecular weight is 467 g/mol. The van der Waals surface area contributed by atoms with Gasteiger partial charge in [-0.2, -0.15) is 5.48 Å². The zero-order valence-corrected chi connectivity index (χ0v) is 19.7. The predicted octanol–water partition coefficient (Wildman–Crippen LogP) is 4.34. The Morgan fingerprint density at radius 3 is 2.71 bits per heavy atom. The van der Waals surface area contributed by atoms with Gasteiger partial charge in [-0.3, -0.25) is 14.5 Å². The van der Waals surface area contributed by atoms with E-state index in [0.29, 0.717) is 17.3 Å². The number of benzene rings is 2. The summed E-state index contributed by atoms with van der Waals surface area (Å²) in [6.07, 6.45) is 0.450. The fourth-order valence-electron chi connectivity index (χ4n) is 3.65. The lowest BCUT2D eigenvalue weighted by atomic mass is 9.96. The van der Waals surface area contributed by atoms with Crippen LogP contribution in [0.15, 0.2) is 36.4 Å². The third kappa shape index (κ3) is 6.35. The molecule has 1 aliphatic heterocycles. The second-order valence-electron chi connectivity index (χ2n) is 7.75. The first-order valence-corrected chi connectivity index (χ1v) is 10.3. The molecule has 8 heteroatoms. The van der Waals surface area contributed by atoms with Gasteiger partial charge < -0.3 is 9.57 Å². The Balaban J connectivity index is 0.00000341. The van der Waals surface area contributed by atoms with Crippen LogP contribution >= 0.6 is 24.0 Å². The maximum Gasteiger partial charge on any atom is 0.320 e. The van der Waals surface area contributed by atoms with Gasteiger partial charge in [0.1, 0.15) is 6.10 Å².